The molecule has 0 radical (unpaired) electrons. The van der Waals surface area contributed by atoms with E-state index in [0.29, 0.717) is 31.2 Å². The number of benzene rings is 1. The van der Waals surface area contributed by atoms with Gasteiger partial charge in [-0.05, 0) is 30.7 Å². The quantitative estimate of drug-likeness (QED) is 0.729. The molecule has 1 saturated heterocycles. The Labute approximate surface area is 157 Å². The highest BCUT2D eigenvalue weighted by atomic mass is 32.1. The van der Waals surface area contributed by atoms with E-state index in [1.807, 2.05) is 47.7 Å². The summed E-state index contributed by atoms with van der Waals surface area (Å²) in [7, 11) is 1.61. The largest absolute Gasteiger partial charge is 0.493 e. The lowest BCUT2D eigenvalue weighted by Gasteiger charge is -2.34. The third-order valence-corrected chi connectivity index (χ3v) is 5.02. The highest BCUT2D eigenvalue weighted by Gasteiger charge is 2.20. The molecular formula is C19H23N3O3S. The number of piperazine rings is 1. The van der Waals surface area contributed by atoms with Crippen molar-refractivity contribution in [1.29, 1.82) is 0 Å². The number of carbonyl (C=O) groups is 1. The number of amides is 1. The topological polar surface area (TPSA) is 54.9 Å². The number of methoxy groups -OCH3 is 1. The number of hydrogen-bond donors (Lipinski definition) is 0. The Morgan fingerprint density at radius 1 is 1.27 bits per heavy atom. The van der Waals surface area contributed by atoms with Gasteiger partial charge in [0.05, 0.1) is 13.7 Å². The van der Waals surface area contributed by atoms with E-state index in [1.54, 1.807) is 24.5 Å². The maximum absolute atomic E-state index is 12.4. The molecule has 1 aromatic carbocycles. The standard InChI is InChI=1S/C19H23N3O3S/c1-3-25-16-6-4-15(14-17(16)24-2)5-7-18(23)21-9-11-22(12-10-21)19-20-8-13-26-19/h4-8,13-14H,3,9-12H2,1-2H3/b7-5+. The lowest BCUT2D eigenvalue weighted by Crippen LogP contribution is -2.48. The number of hydrogen-bond acceptors (Lipinski definition) is 6. The highest BCUT2D eigenvalue weighted by molar-refractivity contribution is 7.13. The number of aromatic nitrogens is 1. The number of nitrogens with zero attached hydrogens (tertiary/aromatic N) is 3. The average molecular weight is 373 g/mol. The zero-order valence-electron chi connectivity index (χ0n) is 15.1. The molecule has 6 nitrogen and oxygen atoms in total. The fraction of sp³-hybridized carbons (Fsp3) is 0.368. The second-order valence-electron chi connectivity index (χ2n) is 5.80. The van der Waals surface area contributed by atoms with Crippen molar-refractivity contribution in [3.63, 3.8) is 0 Å². The number of thiazole rings is 1. The van der Waals surface area contributed by atoms with Gasteiger partial charge in [0.15, 0.2) is 16.6 Å². The van der Waals surface area contributed by atoms with E-state index >= 15 is 0 Å². The van der Waals surface area contributed by atoms with Crippen molar-refractivity contribution in [1.82, 2.24) is 9.88 Å². The van der Waals surface area contributed by atoms with Crippen LogP contribution in [0.1, 0.15) is 12.5 Å². The summed E-state index contributed by atoms with van der Waals surface area (Å²) in [5, 5.41) is 3.00. The normalized spacial score (nSPS) is 14.7. The van der Waals surface area contributed by atoms with Crippen molar-refractivity contribution in [3.05, 3.63) is 41.4 Å². The van der Waals surface area contributed by atoms with Crippen LogP contribution in [0.5, 0.6) is 11.5 Å². The molecule has 0 unspecified atom stereocenters. The maximum Gasteiger partial charge on any atom is 0.246 e. The van der Waals surface area contributed by atoms with Crippen LogP contribution in [0.15, 0.2) is 35.9 Å². The lowest BCUT2D eigenvalue weighted by atomic mass is 10.2. The van der Waals surface area contributed by atoms with Crippen molar-refractivity contribution < 1.29 is 14.3 Å². The van der Waals surface area contributed by atoms with Gasteiger partial charge in [-0.3, -0.25) is 4.79 Å². The summed E-state index contributed by atoms with van der Waals surface area (Å²) < 4.78 is 10.9. The van der Waals surface area contributed by atoms with Gasteiger partial charge in [0, 0.05) is 43.8 Å². The minimum absolute atomic E-state index is 0.0247. The second kappa shape index (κ2) is 8.71. The minimum Gasteiger partial charge on any atom is -0.493 e. The summed E-state index contributed by atoms with van der Waals surface area (Å²) in [6.07, 6.45) is 5.24. The van der Waals surface area contributed by atoms with E-state index in [4.69, 9.17) is 9.47 Å². The molecule has 1 aliphatic heterocycles. The molecule has 0 aliphatic carbocycles. The van der Waals surface area contributed by atoms with Gasteiger partial charge in [-0.2, -0.15) is 0 Å². The summed E-state index contributed by atoms with van der Waals surface area (Å²) >= 11 is 1.63. The van der Waals surface area contributed by atoms with Gasteiger partial charge in [0.25, 0.3) is 0 Å². The van der Waals surface area contributed by atoms with Crippen molar-refractivity contribution in [2.75, 3.05) is 44.8 Å². The summed E-state index contributed by atoms with van der Waals surface area (Å²) in [6, 6.07) is 5.64. The summed E-state index contributed by atoms with van der Waals surface area (Å²) in [6.45, 7) is 5.54. The molecular weight excluding hydrogens is 350 g/mol. The fourth-order valence-corrected chi connectivity index (χ4v) is 3.52. The van der Waals surface area contributed by atoms with Gasteiger partial charge in [0.2, 0.25) is 5.91 Å². The predicted octanol–water partition coefficient (Wildman–Crippen LogP) is 2.91. The Morgan fingerprint density at radius 3 is 2.73 bits per heavy atom. The molecule has 0 bridgehead atoms. The fourth-order valence-electron chi connectivity index (χ4n) is 2.83. The van der Waals surface area contributed by atoms with Crippen molar-refractivity contribution in [2.45, 2.75) is 6.92 Å². The predicted molar refractivity (Wildman–Crippen MR) is 104 cm³/mol. The van der Waals surface area contributed by atoms with Crippen molar-refractivity contribution in [2.24, 2.45) is 0 Å². The van der Waals surface area contributed by atoms with Crippen LogP contribution in [-0.4, -0.2) is 55.7 Å². The first-order valence-corrected chi connectivity index (χ1v) is 9.51. The SMILES string of the molecule is CCOc1ccc(/C=C/C(=O)N2CCN(c3nccs3)CC2)cc1OC. The van der Waals surface area contributed by atoms with E-state index in [9.17, 15) is 4.79 Å². The van der Waals surface area contributed by atoms with Crippen LogP contribution in [0.3, 0.4) is 0 Å². The molecule has 1 aliphatic rings. The zero-order chi connectivity index (χ0) is 18.4. The Morgan fingerprint density at radius 2 is 2.08 bits per heavy atom. The first-order valence-electron chi connectivity index (χ1n) is 8.63. The van der Waals surface area contributed by atoms with Gasteiger partial charge >= 0.3 is 0 Å². The molecule has 7 heteroatoms. The van der Waals surface area contributed by atoms with Crippen LogP contribution in [0, 0.1) is 0 Å². The summed E-state index contributed by atoms with van der Waals surface area (Å²) in [5.74, 6) is 1.40. The number of ether oxygens (including phenoxy) is 2. The summed E-state index contributed by atoms with van der Waals surface area (Å²) in [5.41, 5.74) is 0.903. The van der Waals surface area contributed by atoms with Crippen molar-refractivity contribution in [3.8, 4) is 11.5 Å². The molecule has 2 aromatic rings. The monoisotopic (exact) mass is 373 g/mol. The van der Waals surface area contributed by atoms with Crippen LogP contribution in [0.25, 0.3) is 6.08 Å². The minimum atomic E-state index is 0.0247. The van der Waals surface area contributed by atoms with Crippen LogP contribution >= 0.6 is 11.3 Å². The second-order valence-corrected chi connectivity index (χ2v) is 6.68. The van der Waals surface area contributed by atoms with E-state index < -0.39 is 0 Å². The molecule has 1 amide bonds. The molecule has 26 heavy (non-hydrogen) atoms. The molecule has 1 aromatic heterocycles. The smallest absolute Gasteiger partial charge is 0.246 e. The van der Waals surface area contributed by atoms with Gasteiger partial charge < -0.3 is 19.3 Å². The molecule has 138 valence electrons. The third kappa shape index (κ3) is 4.35. The zero-order valence-corrected chi connectivity index (χ0v) is 15.9. The van der Waals surface area contributed by atoms with Crippen LogP contribution < -0.4 is 14.4 Å². The lowest BCUT2D eigenvalue weighted by molar-refractivity contribution is -0.126. The average Bonchev–Trinajstić information content (AvgIpc) is 3.22. The van der Waals surface area contributed by atoms with Crippen LogP contribution in [0.4, 0.5) is 5.13 Å². The highest BCUT2D eigenvalue weighted by Crippen LogP contribution is 2.28. The van der Waals surface area contributed by atoms with Crippen LogP contribution in [0.2, 0.25) is 0 Å². The summed E-state index contributed by atoms with van der Waals surface area (Å²) in [4.78, 5) is 20.9. The van der Waals surface area contributed by atoms with E-state index in [-0.39, 0.29) is 5.91 Å². The van der Waals surface area contributed by atoms with Gasteiger partial charge in [-0.1, -0.05) is 6.07 Å². The molecule has 0 atom stereocenters. The molecule has 2 heterocycles. The number of carbonyl (C=O) groups excluding carboxylic acids is 1. The Hall–Kier alpha value is -2.54. The van der Waals surface area contributed by atoms with Gasteiger partial charge in [-0.25, -0.2) is 4.98 Å². The molecule has 1 fully saturated rings. The Bertz CT molecular complexity index is 753. The molecule has 0 saturated carbocycles. The van der Waals surface area contributed by atoms with E-state index in [1.165, 1.54) is 0 Å². The van der Waals surface area contributed by atoms with Gasteiger partial charge in [-0.15, -0.1) is 11.3 Å². The Kier molecular flexibility index (Phi) is 6.12. The van der Waals surface area contributed by atoms with E-state index in [0.717, 1.165) is 23.8 Å². The maximum atomic E-state index is 12.4. The number of anilines is 1. The first-order chi connectivity index (χ1) is 12.7. The van der Waals surface area contributed by atoms with Crippen molar-refractivity contribution >= 4 is 28.5 Å². The number of rotatable bonds is 6. The van der Waals surface area contributed by atoms with Crippen LogP contribution in [-0.2, 0) is 4.79 Å². The molecule has 0 spiro atoms. The first kappa shape index (κ1) is 18.3. The van der Waals surface area contributed by atoms with Gasteiger partial charge in [0.1, 0.15) is 0 Å². The Balaban J connectivity index is 1.58. The molecule has 3 rings (SSSR count). The van der Waals surface area contributed by atoms with E-state index in [2.05, 4.69) is 9.88 Å². The molecule has 0 N–H and O–H groups in total. The third-order valence-electron chi connectivity index (χ3n) is 4.19.